The maximum Gasteiger partial charge on any atom is 0.227 e. The molecule has 1 fully saturated rings. The van der Waals surface area contributed by atoms with Crippen LogP contribution in [0.2, 0.25) is 0 Å². The lowest BCUT2D eigenvalue weighted by Gasteiger charge is -2.37. The van der Waals surface area contributed by atoms with Crippen molar-refractivity contribution in [2.75, 3.05) is 20.2 Å². The number of halogens is 2. The molecular formula is C10H12BrFN2O. The molecule has 0 bridgehead atoms. The summed E-state index contributed by atoms with van der Waals surface area (Å²) in [6, 6.07) is 2.08. The smallest absolute Gasteiger partial charge is 0.227 e. The van der Waals surface area contributed by atoms with Crippen LogP contribution in [-0.4, -0.2) is 36.1 Å². The van der Waals surface area contributed by atoms with Crippen LogP contribution in [0.25, 0.3) is 0 Å². The Morgan fingerprint density at radius 2 is 2.53 bits per heavy atom. The molecule has 0 aliphatic carbocycles. The quantitative estimate of drug-likeness (QED) is 0.790. The molecule has 1 aromatic rings. The summed E-state index contributed by atoms with van der Waals surface area (Å²) in [5.74, 6) is 0.0895. The number of likely N-dealkylation sites (tertiary alicyclic amines) is 1. The van der Waals surface area contributed by atoms with Gasteiger partial charge in [0, 0.05) is 12.1 Å². The average molecular weight is 275 g/mol. The molecule has 3 nitrogen and oxygen atoms in total. The Balaban J connectivity index is 1.90. The van der Waals surface area contributed by atoms with E-state index in [4.69, 9.17) is 4.74 Å². The fourth-order valence-corrected chi connectivity index (χ4v) is 1.78. The Labute approximate surface area is 96.4 Å². The van der Waals surface area contributed by atoms with Crippen molar-refractivity contribution < 1.29 is 9.13 Å². The highest BCUT2D eigenvalue weighted by atomic mass is 79.9. The maximum atomic E-state index is 12.8. The molecule has 2 rings (SSSR count). The number of pyridine rings is 1. The van der Waals surface area contributed by atoms with Crippen molar-refractivity contribution in [3.63, 3.8) is 0 Å². The first kappa shape index (κ1) is 10.8. The van der Waals surface area contributed by atoms with E-state index in [1.54, 1.807) is 6.07 Å². The van der Waals surface area contributed by atoms with Gasteiger partial charge in [-0.1, -0.05) is 0 Å². The molecule has 0 amide bonds. The van der Waals surface area contributed by atoms with Crippen molar-refractivity contribution >= 4 is 15.9 Å². The number of hydrogen-bond acceptors (Lipinski definition) is 3. The zero-order valence-electron chi connectivity index (χ0n) is 8.41. The fraction of sp³-hybridized carbons (Fsp3) is 0.500. The van der Waals surface area contributed by atoms with Gasteiger partial charge in [-0.15, -0.1) is 0 Å². The van der Waals surface area contributed by atoms with Gasteiger partial charge in [0.05, 0.1) is 10.7 Å². The topological polar surface area (TPSA) is 25.4 Å². The molecule has 0 spiro atoms. The van der Waals surface area contributed by atoms with Gasteiger partial charge in [0.25, 0.3) is 0 Å². The van der Waals surface area contributed by atoms with Crippen LogP contribution in [-0.2, 0) is 0 Å². The molecule has 0 unspecified atom stereocenters. The number of rotatable bonds is 3. The molecule has 0 radical (unpaired) electrons. The molecule has 1 aromatic heterocycles. The van der Waals surface area contributed by atoms with Crippen molar-refractivity contribution in [2.24, 2.45) is 0 Å². The number of ether oxygens (including phenoxy) is 1. The van der Waals surface area contributed by atoms with Gasteiger partial charge >= 0.3 is 0 Å². The van der Waals surface area contributed by atoms with Gasteiger partial charge in [-0.3, -0.25) is 4.90 Å². The third-order valence-electron chi connectivity index (χ3n) is 2.65. The van der Waals surface area contributed by atoms with Crippen molar-refractivity contribution in [3.8, 4) is 5.75 Å². The molecule has 82 valence electrons. The molecule has 1 saturated heterocycles. The zero-order valence-corrected chi connectivity index (χ0v) is 10.00. The van der Waals surface area contributed by atoms with Crippen LogP contribution in [0.5, 0.6) is 5.75 Å². The molecular weight excluding hydrogens is 263 g/mol. The third-order valence-corrected chi connectivity index (χ3v) is 3.21. The van der Waals surface area contributed by atoms with E-state index in [0.717, 1.165) is 13.0 Å². The fourth-order valence-electron chi connectivity index (χ4n) is 1.46. The second kappa shape index (κ2) is 4.45. The van der Waals surface area contributed by atoms with Crippen LogP contribution in [0.15, 0.2) is 16.7 Å². The molecule has 5 heteroatoms. The average Bonchev–Trinajstić information content (AvgIpc) is 2.21. The first-order valence-electron chi connectivity index (χ1n) is 4.81. The standard InChI is InChI=1S/C10H12BrFN2O/c1-14-3-2-7(14)6-15-8-4-9(11)10(12)13-5-8/h4-5,7H,2-3,6H2,1H3/t7-/m0/s1. The van der Waals surface area contributed by atoms with Crippen LogP contribution in [0, 0.1) is 5.95 Å². The first-order chi connectivity index (χ1) is 7.16. The largest absolute Gasteiger partial charge is 0.490 e. The van der Waals surface area contributed by atoms with E-state index in [2.05, 4.69) is 32.9 Å². The van der Waals surface area contributed by atoms with E-state index in [1.165, 1.54) is 6.20 Å². The summed E-state index contributed by atoms with van der Waals surface area (Å²) in [6.07, 6.45) is 2.56. The van der Waals surface area contributed by atoms with Crippen LogP contribution in [0.4, 0.5) is 4.39 Å². The molecule has 0 N–H and O–H groups in total. The van der Waals surface area contributed by atoms with Crippen LogP contribution in [0.1, 0.15) is 6.42 Å². The van der Waals surface area contributed by atoms with Crippen LogP contribution < -0.4 is 4.74 Å². The molecule has 1 aliphatic heterocycles. The minimum Gasteiger partial charge on any atom is -0.490 e. The predicted octanol–water partition coefficient (Wildman–Crippen LogP) is 2.07. The Morgan fingerprint density at radius 3 is 3.07 bits per heavy atom. The highest BCUT2D eigenvalue weighted by Crippen LogP contribution is 2.21. The van der Waals surface area contributed by atoms with Gasteiger partial charge in [0.2, 0.25) is 5.95 Å². The van der Waals surface area contributed by atoms with Gasteiger partial charge in [0.15, 0.2) is 0 Å². The van der Waals surface area contributed by atoms with E-state index < -0.39 is 5.95 Å². The summed E-state index contributed by atoms with van der Waals surface area (Å²) in [7, 11) is 2.07. The Morgan fingerprint density at radius 1 is 1.73 bits per heavy atom. The van der Waals surface area contributed by atoms with Gasteiger partial charge in [0.1, 0.15) is 12.4 Å². The summed E-state index contributed by atoms with van der Waals surface area (Å²) < 4.78 is 18.7. The Bertz CT molecular complexity index is 361. The van der Waals surface area contributed by atoms with Crippen molar-refractivity contribution in [2.45, 2.75) is 12.5 Å². The van der Waals surface area contributed by atoms with Crippen molar-refractivity contribution in [1.82, 2.24) is 9.88 Å². The summed E-state index contributed by atoms with van der Waals surface area (Å²) >= 11 is 3.07. The van der Waals surface area contributed by atoms with E-state index in [1.807, 2.05) is 0 Å². The monoisotopic (exact) mass is 274 g/mol. The van der Waals surface area contributed by atoms with E-state index in [0.29, 0.717) is 22.9 Å². The number of hydrogen-bond donors (Lipinski definition) is 0. The lowest BCUT2D eigenvalue weighted by Crippen LogP contribution is -2.48. The van der Waals surface area contributed by atoms with Gasteiger partial charge in [-0.2, -0.15) is 4.39 Å². The van der Waals surface area contributed by atoms with Gasteiger partial charge in [-0.05, 0) is 35.9 Å². The third kappa shape index (κ3) is 2.46. The SMILES string of the molecule is CN1CC[C@H]1COc1cnc(F)c(Br)c1. The zero-order chi connectivity index (χ0) is 10.8. The highest BCUT2D eigenvalue weighted by molar-refractivity contribution is 9.10. The molecule has 0 saturated carbocycles. The lowest BCUT2D eigenvalue weighted by molar-refractivity contribution is 0.0766. The number of aromatic nitrogens is 1. The Hall–Kier alpha value is -0.680. The first-order valence-corrected chi connectivity index (χ1v) is 5.60. The van der Waals surface area contributed by atoms with E-state index >= 15 is 0 Å². The molecule has 1 aliphatic rings. The predicted molar refractivity (Wildman–Crippen MR) is 58.4 cm³/mol. The molecule has 2 heterocycles. The van der Waals surface area contributed by atoms with Gasteiger partial charge in [-0.25, -0.2) is 4.98 Å². The minimum atomic E-state index is -0.511. The van der Waals surface area contributed by atoms with Crippen molar-refractivity contribution in [3.05, 3.63) is 22.7 Å². The number of nitrogens with zero attached hydrogens (tertiary/aromatic N) is 2. The second-order valence-corrected chi connectivity index (χ2v) is 4.53. The molecule has 1 atom stereocenters. The van der Waals surface area contributed by atoms with Crippen molar-refractivity contribution in [1.29, 1.82) is 0 Å². The van der Waals surface area contributed by atoms with Crippen LogP contribution in [0.3, 0.4) is 0 Å². The van der Waals surface area contributed by atoms with E-state index in [9.17, 15) is 4.39 Å². The Kier molecular flexibility index (Phi) is 3.21. The minimum absolute atomic E-state index is 0.335. The second-order valence-electron chi connectivity index (χ2n) is 3.68. The highest BCUT2D eigenvalue weighted by Gasteiger charge is 2.24. The molecule has 15 heavy (non-hydrogen) atoms. The number of likely N-dealkylation sites (N-methyl/N-ethyl adjacent to an activating group) is 1. The maximum absolute atomic E-state index is 12.8. The van der Waals surface area contributed by atoms with Gasteiger partial charge < -0.3 is 4.74 Å². The summed E-state index contributed by atoms with van der Waals surface area (Å²) in [6.45, 7) is 1.76. The lowest BCUT2D eigenvalue weighted by atomic mass is 10.1. The normalized spacial score (nSPS) is 21.1. The van der Waals surface area contributed by atoms with Crippen LogP contribution >= 0.6 is 15.9 Å². The summed E-state index contributed by atoms with van der Waals surface area (Å²) in [5.41, 5.74) is 0. The summed E-state index contributed by atoms with van der Waals surface area (Å²) in [5, 5.41) is 0. The summed E-state index contributed by atoms with van der Waals surface area (Å²) in [4.78, 5) is 5.80. The van der Waals surface area contributed by atoms with E-state index in [-0.39, 0.29) is 0 Å². The molecule has 0 aromatic carbocycles.